The lowest BCUT2D eigenvalue weighted by Crippen LogP contribution is -2.23. The van der Waals surface area contributed by atoms with Crippen LogP contribution in [-0.4, -0.2) is 36.3 Å². The SMILES string of the molecule is CCOC(=O)/C=C1\CC(=O)C(Cl)=C1N(CC)CC. The molecule has 0 bridgehead atoms. The Hall–Kier alpha value is -1.29. The number of hydrogen-bond acceptors (Lipinski definition) is 4. The second kappa shape index (κ2) is 6.59. The Morgan fingerprint density at radius 1 is 1.39 bits per heavy atom. The highest BCUT2D eigenvalue weighted by Crippen LogP contribution is 2.33. The summed E-state index contributed by atoms with van der Waals surface area (Å²) in [7, 11) is 0. The van der Waals surface area contributed by atoms with Crippen LogP contribution in [0.4, 0.5) is 0 Å². The van der Waals surface area contributed by atoms with Gasteiger partial charge in [0, 0.05) is 25.6 Å². The van der Waals surface area contributed by atoms with Crippen LogP contribution in [-0.2, 0) is 14.3 Å². The Labute approximate surface area is 112 Å². The third-order valence-corrected chi connectivity index (χ3v) is 3.16. The van der Waals surface area contributed by atoms with E-state index in [1.165, 1.54) is 6.08 Å². The zero-order chi connectivity index (χ0) is 13.7. The van der Waals surface area contributed by atoms with E-state index in [0.717, 1.165) is 13.1 Å². The zero-order valence-corrected chi connectivity index (χ0v) is 11.7. The molecule has 0 aliphatic heterocycles. The van der Waals surface area contributed by atoms with Crippen LogP contribution >= 0.6 is 11.6 Å². The van der Waals surface area contributed by atoms with Gasteiger partial charge < -0.3 is 9.64 Å². The Balaban J connectivity index is 3.06. The largest absolute Gasteiger partial charge is 0.463 e. The van der Waals surface area contributed by atoms with Gasteiger partial charge in [0.2, 0.25) is 0 Å². The molecule has 0 saturated carbocycles. The molecule has 1 rings (SSSR count). The maximum Gasteiger partial charge on any atom is 0.331 e. The summed E-state index contributed by atoms with van der Waals surface area (Å²) in [4.78, 5) is 25.1. The standard InChI is InChI=1S/C13H18ClNO3/c1-4-15(5-2)13-9(7-10(16)12(13)14)8-11(17)18-6-3/h8H,4-7H2,1-3H3/b9-8+. The van der Waals surface area contributed by atoms with Crippen LogP contribution in [0.1, 0.15) is 27.2 Å². The number of carbonyl (C=O) groups is 2. The van der Waals surface area contributed by atoms with Gasteiger partial charge in [-0.1, -0.05) is 11.6 Å². The van der Waals surface area contributed by atoms with E-state index >= 15 is 0 Å². The first-order chi connectivity index (χ1) is 8.54. The minimum Gasteiger partial charge on any atom is -0.463 e. The summed E-state index contributed by atoms with van der Waals surface area (Å²) < 4.78 is 4.86. The maximum absolute atomic E-state index is 11.7. The van der Waals surface area contributed by atoms with E-state index in [0.29, 0.717) is 17.9 Å². The molecular weight excluding hydrogens is 254 g/mol. The minimum absolute atomic E-state index is 0.144. The average molecular weight is 272 g/mol. The van der Waals surface area contributed by atoms with E-state index in [4.69, 9.17) is 16.3 Å². The number of nitrogens with zero attached hydrogens (tertiary/aromatic N) is 1. The Bertz CT molecular complexity index is 408. The number of Topliss-reactive ketones (excluding diaryl/α,β-unsaturated/α-hetero) is 1. The molecule has 18 heavy (non-hydrogen) atoms. The van der Waals surface area contributed by atoms with Gasteiger partial charge in [0.1, 0.15) is 5.03 Å². The van der Waals surface area contributed by atoms with Crippen molar-refractivity contribution in [2.24, 2.45) is 0 Å². The van der Waals surface area contributed by atoms with Gasteiger partial charge in [-0.2, -0.15) is 0 Å². The van der Waals surface area contributed by atoms with Crippen LogP contribution in [0, 0.1) is 0 Å². The Morgan fingerprint density at radius 2 is 2.00 bits per heavy atom. The summed E-state index contributed by atoms with van der Waals surface area (Å²) in [6, 6.07) is 0. The lowest BCUT2D eigenvalue weighted by atomic mass is 10.1. The summed E-state index contributed by atoms with van der Waals surface area (Å²) >= 11 is 6.03. The first kappa shape index (κ1) is 14.8. The van der Waals surface area contributed by atoms with Crippen molar-refractivity contribution in [3.63, 3.8) is 0 Å². The number of ketones is 1. The van der Waals surface area contributed by atoms with Crippen molar-refractivity contribution in [1.29, 1.82) is 0 Å². The molecule has 100 valence electrons. The van der Waals surface area contributed by atoms with E-state index in [2.05, 4.69) is 0 Å². The van der Waals surface area contributed by atoms with Crippen molar-refractivity contribution in [2.45, 2.75) is 27.2 Å². The summed E-state index contributed by atoms with van der Waals surface area (Å²) in [6.07, 6.45) is 1.54. The number of esters is 1. The van der Waals surface area contributed by atoms with Gasteiger partial charge in [-0.3, -0.25) is 4.79 Å². The number of carbonyl (C=O) groups excluding carboxylic acids is 2. The van der Waals surface area contributed by atoms with Crippen LogP contribution in [0.5, 0.6) is 0 Å². The second-order valence-electron chi connectivity index (χ2n) is 3.86. The molecule has 0 aromatic carbocycles. The fraction of sp³-hybridized carbons (Fsp3) is 0.538. The molecule has 0 fully saturated rings. The smallest absolute Gasteiger partial charge is 0.331 e. The Kier molecular flexibility index (Phi) is 5.41. The van der Waals surface area contributed by atoms with Gasteiger partial charge in [0.05, 0.1) is 12.3 Å². The molecule has 0 aromatic heterocycles. The van der Waals surface area contributed by atoms with Gasteiger partial charge in [0.15, 0.2) is 5.78 Å². The van der Waals surface area contributed by atoms with Crippen molar-refractivity contribution in [2.75, 3.05) is 19.7 Å². The van der Waals surface area contributed by atoms with Gasteiger partial charge in [-0.25, -0.2) is 4.79 Å². The van der Waals surface area contributed by atoms with E-state index in [1.54, 1.807) is 6.92 Å². The van der Waals surface area contributed by atoms with Crippen molar-refractivity contribution >= 4 is 23.4 Å². The lowest BCUT2D eigenvalue weighted by Gasteiger charge is -2.23. The highest BCUT2D eigenvalue weighted by Gasteiger charge is 2.29. The van der Waals surface area contributed by atoms with E-state index in [9.17, 15) is 9.59 Å². The molecule has 0 radical (unpaired) electrons. The number of rotatable bonds is 5. The van der Waals surface area contributed by atoms with Crippen LogP contribution in [0.3, 0.4) is 0 Å². The van der Waals surface area contributed by atoms with Gasteiger partial charge in [-0.15, -0.1) is 0 Å². The van der Waals surface area contributed by atoms with Crippen molar-refractivity contribution in [3.05, 3.63) is 22.4 Å². The van der Waals surface area contributed by atoms with Crippen molar-refractivity contribution in [1.82, 2.24) is 4.90 Å². The average Bonchev–Trinajstić information content (AvgIpc) is 2.59. The molecule has 0 heterocycles. The molecular formula is C13H18ClNO3. The molecule has 0 aromatic rings. The zero-order valence-electron chi connectivity index (χ0n) is 11.0. The van der Waals surface area contributed by atoms with Crippen LogP contribution < -0.4 is 0 Å². The number of ether oxygens (including phenoxy) is 1. The van der Waals surface area contributed by atoms with Gasteiger partial charge in [0.25, 0.3) is 0 Å². The summed E-state index contributed by atoms with van der Waals surface area (Å²) in [5.74, 6) is -0.578. The molecule has 0 unspecified atom stereocenters. The molecule has 0 saturated heterocycles. The molecule has 0 amide bonds. The third-order valence-electron chi connectivity index (χ3n) is 2.77. The van der Waals surface area contributed by atoms with Gasteiger partial charge >= 0.3 is 5.97 Å². The van der Waals surface area contributed by atoms with Crippen LogP contribution in [0.2, 0.25) is 0 Å². The van der Waals surface area contributed by atoms with Crippen molar-refractivity contribution < 1.29 is 14.3 Å². The quantitative estimate of drug-likeness (QED) is 0.568. The molecule has 0 atom stereocenters. The molecule has 4 nitrogen and oxygen atoms in total. The number of hydrogen-bond donors (Lipinski definition) is 0. The summed E-state index contributed by atoms with van der Waals surface area (Å²) in [5, 5.41) is 0.217. The fourth-order valence-corrected chi connectivity index (χ4v) is 2.24. The molecule has 5 heteroatoms. The normalized spacial score (nSPS) is 17.6. The van der Waals surface area contributed by atoms with Crippen molar-refractivity contribution in [3.8, 4) is 0 Å². The number of halogens is 1. The maximum atomic E-state index is 11.7. The highest BCUT2D eigenvalue weighted by atomic mass is 35.5. The lowest BCUT2D eigenvalue weighted by molar-refractivity contribution is -0.137. The molecule has 1 aliphatic rings. The number of allylic oxidation sites excluding steroid dienone is 2. The molecule has 0 N–H and O–H groups in total. The summed E-state index contributed by atoms with van der Waals surface area (Å²) in [5.41, 5.74) is 1.31. The highest BCUT2D eigenvalue weighted by molar-refractivity contribution is 6.44. The minimum atomic E-state index is -0.434. The monoisotopic (exact) mass is 271 g/mol. The topological polar surface area (TPSA) is 46.6 Å². The van der Waals surface area contributed by atoms with E-state index in [-0.39, 0.29) is 17.2 Å². The second-order valence-corrected chi connectivity index (χ2v) is 4.23. The van der Waals surface area contributed by atoms with Crippen LogP contribution in [0.25, 0.3) is 0 Å². The Morgan fingerprint density at radius 3 is 2.50 bits per heavy atom. The summed E-state index contributed by atoms with van der Waals surface area (Å²) in [6.45, 7) is 7.47. The fourth-order valence-electron chi connectivity index (χ4n) is 1.93. The first-order valence-electron chi connectivity index (χ1n) is 6.10. The van der Waals surface area contributed by atoms with Crippen LogP contribution in [0.15, 0.2) is 22.4 Å². The third kappa shape index (κ3) is 3.13. The predicted molar refractivity (Wildman–Crippen MR) is 70.1 cm³/mol. The number of likely N-dealkylation sites (N-methyl/N-ethyl adjacent to an activating group) is 1. The predicted octanol–water partition coefficient (Wildman–Crippen LogP) is 2.24. The molecule has 1 aliphatic carbocycles. The van der Waals surface area contributed by atoms with E-state index < -0.39 is 5.97 Å². The van der Waals surface area contributed by atoms with Gasteiger partial charge in [-0.05, 0) is 26.3 Å². The molecule has 0 spiro atoms. The van der Waals surface area contributed by atoms with E-state index in [1.807, 2.05) is 18.7 Å². The first-order valence-corrected chi connectivity index (χ1v) is 6.48.